The van der Waals surface area contributed by atoms with Crippen LogP contribution in [-0.2, 0) is 11.3 Å². The highest BCUT2D eigenvalue weighted by Crippen LogP contribution is 2.17. The van der Waals surface area contributed by atoms with Crippen molar-refractivity contribution < 1.29 is 9.18 Å². The van der Waals surface area contributed by atoms with Gasteiger partial charge in [0.1, 0.15) is 5.82 Å². The van der Waals surface area contributed by atoms with Gasteiger partial charge in [0.15, 0.2) is 0 Å². The van der Waals surface area contributed by atoms with E-state index in [-0.39, 0.29) is 18.0 Å². The summed E-state index contributed by atoms with van der Waals surface area (Å²) in [6, 6.07) is 6.01. The van der Waals surface area contributed by atoms with Crippen molar-refractivity contribution in [3.05, 3.63) is 41.5 Å². The fourth-order valence-electron chi connectivity index (χ4n) is 1.96. The summed E-state index contributed by atoms with van der Waals surface area (Å²) in [6.07, 6.45) is 0.218. The first kappa shape index (κ1) is 14.0. The van der Waals surface area contributed by atoms with Crippen LogP contribution in [0.5, 0.6) is 0 Å². The summed E-state index contributed by atoms with van der Waals surface area (Å²) in [4.78, 5) is 11.8. The number of nitrogens with zero attached hydrogens (tertiary/aromatic N) is 2. The number of hydrogen-bond acceptors (Lipinski definition) is 3. The molecule has 0 aliphatic heterocycles. The lowest BCUT2D eigenvalue weighted by molar-refractivity contribution is -0.116. The minimum Gasteiger partial charge on any atom is -0.399 e. The summed E-state index contributed by atoms with van der Waals surface area (Å²) in [5.41, 5.74) is 7.96. The van der Waals surface area contributed by atoms with Gasteiger partial charge in [-0.15, -0.1) is 0 Å². The molecule has 0 bridgehead atoms. The molecule has 20 heavy (non-hydrogen) atoms. The first-order valence-electron chi connectivity index (χ1n) is 6.31. The van der Waals surface area contributed by atoms with Crippen molar-refractivity contribution in [1.29, 1.82) is 0 Å². The van der Waals surface area contributed by atoms with Crippen LogP contribution in [0.1, 0.15) is 17.8 Å². The van der Waals surface area contributed by atoms with Gasteiger partial charge in [0.25, 0.3) is 0 Å². The van der Waals surface area contributed by atoms with Gasteiger partial charge in [-0.2, -0.15) is 5.10 Å². The van der Waals surface area contributed by atoms with Gasteiger partial charge in [-0.05, 0) is 38.1 Å². The van der Waals surface area contributed by atoms with Gasteiger partial charge in [-0.1, -0.05) is 0 Å². The van der Waals surface area contributed by atoms with Gasteiger partial charge in [-0.25, -0.2) is 4.39 Å². The Kier molecular flexibility index (Phi) is 4.02. The number of anilines is 2. The Balaban J connectivity index is 1.96. The molecule has 1 amide bonds. The molecule has 0 unspecified atom stereocenters. The first-order chi connectivity index (χ1) is 9.45. The van der Waals surface area contributed by atoms with Crippen LogP contribution < -0.4 is 11.1 Å². The molecule has 5 nitrogen and oxygen atoms in total. The number of aryl methyl sites for hydroxylation is 3. The number of halogens is 1. The standard InChI is InChI=1S/C14H17FN4O/c1-9-7-10(2)19(18-9)6-5-14(20)17-13-8-11(16)3-4-12(13)15/h3-4,7-8H,5-6,16H2,1-2H3,(H,17,20). The Morgan fingerprint density at radius 2 is 2.15 bits per heavy atom. The van der Waals surface area contributed by atoms with Crippen LogP contribution in [0.25, 0.3) is 0 Å². The molecule has 0 saturated heterocycles. The quantitative estimate of drug-likeness (QED) is 0.841. The molecule has 1 aromatic heterocycles. The number of aromatic nitrogens is 2. The number of nitrogens with two attached hydrogens (primary N) is 1. The van der Waals surface area contributed by atoms with E-state index in [1.807, 2.05) is 19.9 Å². The number of carbonyl (C=O) groups is 1. The molecular weight excluding hydrogens is 259 g/mol. The van der Waals surface area contributed by atoms with E-state index in [2.05, 4.69) is 10.4 Å². The Labute approximate surface area is 116 Å². The van der Waals surface area contributed by atoms with Gasteiger partial charge in [0, 0.05) is 24.3 Å². The van der Waals surface area contributed by atoms with Gasteiger partial charge in [0.05, 0.1) is 11.4 Å². The predicted octanol–water partition coefficient (Wildman–Crippen LogP) is 2.25. The molecule has 1 heterocycles. The van der Waals surface area contributed by atoms with E-state index in [1.54, 1.807) is 4.68 Å². The minimum absolute atomic E-state index is 0.100. The maximum absolute atomic E-state index is 13.5. The maximum Gasteiger partial charge on any atom is 0.226 e. The summed E-state index contributed by atoms with van der Waals surface area (Å²) < 4.78 is 15.2. The fourth-order valence-corrected chi connectivity index (χ4v) is 1.96. The van der Waals surface area contributed by atoms with Crippen LogP contribution in [0.4, 0.5) is 15.8 Å². The molecule has 0 radical (unpaired) electrons. The topological polar surface area (TPSA) is 72.9 Å². The largest absolute Gasteiger partial charge is 0.399 e. The predicted molar refractivity (Wildman–Crippen MR) is 75.8 cm³/mol. The van der Waals surface area contributed by atoms with Gasteiger partial charge in [0.2, 0.25) is 5.91 Å². The number of nitrogen functional groups attached to an aromatic ring is 1. The molecule has 0 spiro atoms. The third kappa shape index (κ3) is 3.34. The van der Waals surface area contributed by atoms with Crippen LogP contribution in [-0.4, -0.2) is 15.7 Å². The number of rotatable bonds is 4. The maximum atomic E-state index is 13.5. The van der Waals surface area contributed by atoms with E-state index in [9.17, 15) is 9.18 Å². The second-order valence-electron chi connectivity index (χ2n) is 4.69. The number of benzene rings is 1. The van der Waals surface area contributed by atoms with Crippen molar-refractivity contribution in [2.45, 2.75) is 26.8 Å². The lowest BCUT2D eigenvalue weighted by Gasteiger charge is -2.08. The first-order valence-corrected chi connectivity index (χ1v) is 6.31. The lowest BCUT2D eigenvalue weighted by atomic mass is 10.2. The average molecular weight is 276 g/mol. The lowest BCUT2D eigenvalue weighted by Crippen LogP contribution is -2.16. The summed E-state index contributed by atoms with van der Waals surface area (Å²) in [6.45, 7) is 4.27. The van der Waals surface area contributed by atoms with Crippen LogP contribution in [0.3, 0.4) is 0 Å². The van der Waals surface area contributed by atoms with Crippen molar-refractivity contribution >= 4 is 17.3 Å². The molecule has 106 valence electrons. The van der Waals surface area contributed by atoms with Crippen molar-refractivity contribution in [3.8, 4) is 0 Å². The normalized spacial score (nSPS) is 10.6. The van der Waals surface area contributed by atoms with Gasteiger partial charge in [-0.3, -0.25) is 9.48 Å². The molecule has 0 aliphatic rings. The number of amides is 1. The SMILES string of the molecule is Cc1cc(C)n(CCC(=O)Nc2cc(N)ccc2F)n1. The molecule has 6 heteroatoms. The van der Waals surface area contributed by atoms with E-state index in [0.29, 0.717) is 12.2 Å². The van der Waals surface area contributed by atoms with Crippen LogP contribution in [0.2, 0.25) is 0 Å². The van der Waals surface area contributed by atoms with Crippen LogP contribution >= 0.6 is 0 Å². The molecule has 2 aromatic rings. The highest BCUT2D eigenvalue weighted by molar-refractivity contribution is 5.91. The van der Waals surface area contributed by atoms with Crippen molar-refractivity contribution in [3.63, 3.8) is 0 Å². The molecule has 3 N–H and O–H groups in total. The molecule has 1 aromatic carbocycles. The molecule has 0 saturated carbocycles. The van der Waals surface area contributed by atoms with Crippen molar-refractivity contribution in [2.75, 3.05) is 11.1 Å². The third-order valence-corrected chi connectivity index (χ3v) is 2.92. The Morgan fingerprint density at radius 3 is 2.80 bits per heavy atom. The second kappa shape index (κ2) is 5.73. The number of hydrogen-bond donors (Lipinski definition) is 2. The number of carbonyl (C=O) groups excluding carboxylic acids is 1. The molecule has 2 rings (SSSR count). The average Bonchev–Trinajstić information content (AvgIpc) is 2.70. The summed E-state index contributed by atoms with van der Waals surface area (Å²) in [5.74, 6) is -0.777. The van der Waals surface area contributed by atoms with E-state index in [0.717, 1.165) is 11.4 Å². The highest BCUT2D eigenvalue weighted by Gasteiger charge is 2.09. The third-order valence-electron chi connectivity index (χ3n) is 2.92. The summed E-state index contributed by atoms with van der Waals surface area (Å²) in [5, 5.41) is 6.78. The second-order valence-corrected chi connectivity index (χ2v) is 4.69. The highest BCUT2D eigenvalue weighted by atomic mass is 19.1. The van der Waals surface area contributed by atoms with E-state index in [4.69, 9.17) is 5.73 Å². The van der Waals surface area contributed by atoms with Gasteiger partial charge < -0.3 is 11.1 Å². The fraction of sp³-hybridized carbons (Fsp3) is 0.286. The van der Waals surface area contributed by atoms with Crippen molar-refractivity contribution in [2.24, 2.45) is 0 Å². The summed E-state index contributed by atoms with van der Waals surface area (Å²) in [7, 11) is 0. The van der Waals surface area contributed by atoms with E-state index < -0.39 is 5.82 Å². The zero-order chi connectivity index (χ0) is 14.7. The Bertz CT molecular complexity index is 636. The molecular formula is C14H17FN4O. The van der Waals surface area contributed by atoms with Crippen LogP contribution in [0, 0.1) is 19.7 Å². The minimum atomic E-state index is -0.501. The van der Waals surface area contributed by atoms with Crippen LogP contribution in [0.15, 0.2) is 24.3 Å². The monoisotopic (exact) mass is 276 g/mol. The zero-order valence-corrected chi connectivity index (χ0v) is 11.5. The smallest absolute Gasteiger partial charge is 0.226 e. The van der Waals surface area contributed by atoms with E-state index in [1.165, 1.54) is 18.2 Å². The van der Waals surface area contributed by atoms with Gasteiger partial charge >= 0.3 is 0 Å². The van der Waals surface area contributed by atoms with Crippen molar-refractivity contribution in [1.82, 2.24) is 9.78 Å². The number of nitrogens with one attached hydrogen (secondary N) is 1. The summed E-state index contributed by atoms with van der Waals surface area (Å²) >= 11 is 0. The molecule has 0 atom stereocenters. The Hall–Kier alpha value is -2.37. The molecule has 0 aliphatic carbocycles. The molecule has 0 fully saturated rings. The zero-order valence-electron chi connectivity index (χ0n) is 11.5. The van der Waals surface area contributed by atoms with E-state index >= 15 is 0 Å². The Morgan fingerprint density at radius 1 is 1.40 bits per heavy atom.